The van der Waals surface area contributed by atoms with E-state index in [4.69, 9.17) is 5.26 Å². The van der Waals surface area contributed by atoms with Gasteiger partial charge in [0.1, 0.15) is 0 Å². The highest BCUT2D eigenvalue weighted by molar-refractivity contribution is 4.82. The van der Waals surface area contributed by atoms with Crippen molar-refractivity contribution in [2.24, 2.45) is 5.92 Å². The average molecular weight is 235 g/mol. The molecule has 2 rings (SSSR count). The van der Waals surface area contributed by atoms with Crippen molar-refractivity contribution in [3.05, 3.63) is 0 Å². The Morgan fingerprint density at radius 3 is 2.53 bits per heavy atom. The molecule has 2 saturated heterocycles. The molecule has 0 aromatic heterocycles. The molecule has 1 unspecified atom stereocenters. The van der Waals surface area contributed by atoms with Crippen LogP contribution in [-0.4, -0.2) is 49.1 Å². The minimum Gasteiger partial charge on any atom is -0.303 e. The number of nitrogens with zero attached hydrogens (tertiary/aromatic N) is 3. The van der Waals surface area contributed by atoms with Crippen molar-refractivity contribution in [2.45, 2.75) is 38.5 Å². The van der Waals surface area contributed by atoms with E-state index in [0.29, 0.717) is 6.54 Å². The van der Waals surface area contributed by atoms with Gasteiger partial charge in [-0.1, -0.05) is 6.42 Å². The number of rotatable bonds is 4. The van der Waals surface area contributed by atoms with Gasteiger partial charge in [-0.3, -0.25) is 4.90 Å². The van der Waals surface area contributed by atoms with E-state index < -0.39 is 0 Å². The maximum atomic E-state index is 8.74. The van der Waals surface area contributed by atoms with Crippen LogP contribution in [0.15, 0.2) is 0 Å². The Balaban J connectivity index is 1.66. The first-order valence-corrected chi connectivity index (χ1v) is 7.20. The third-order valence-corrected chi connectivity index (χ3v) is 4.20. The molecule has 3 nitrogen and oxygen atoms in total. The summed E-state index contributed by atoms with van der Waals surface area (Å²) >= 11 is 0. The molecule has 2 fully saturated rings. The molecule has 0 aromatic carbocycles. The fourth-order valence-electron chi connectivity index (χ4n) is 3.18. The van der Waals surface area contributed by atoms with Gasteiger partial charge >= 0.3 is 0 Å². The normalized spacial score (nSPS) is 27.8. The third-order valence-electron chi connectivity index (χ3n) is 4.20. The minimum absolute atomic E-state index is 0.625. The average Bonchev–Trinajstić information content (AvgIpc) is 2.39. The van der Waals surface area contributed by atoms with Crippen LogP contribution >= 0.6 is 0 Å². The molecule has 0 N–H and O–H groups in total. The zero-order valence-corrected chi connectivity index (χ0v) is 10.9. The summed E-state index contributed by atoms with van der Waals surface area (Å²) in [4.78, 5) is 4.96. The Bertz CT molecular complexity index is 253. The van der Waals surface area contributed by atoms with Crippen molar-refractivity contribution in [2.75, 3.05) is 39.3 Å². The first kappa shape index (κ1) is 12.9. The van der Waals surface area contributed by atoms with Crippen molar-refractivity contribution >= 4 is 0 Å². The first-order valence-electron chi connectivity index (χ1n) is 7.20. The lowest BCUT2D eigenvalue weighted by molar-refractivity contribution is 0.157. The largest absolute Gasteiger partial charge is 0.303 e. The highest BCUT2D eigenvalue weighted by atomic mass is 15.1. The van der Waals surface area contributed by atoms with E-state index >= 15 is 0 Å². The molecule has 1 atom stereocenters. The summed E-state index contributed by atoms with van der Waals surface area (Å²) in [7, 11) is 0. The summed E-state index contributed by atoms with van der Waals surface area (Å²) in [5.41, 5.74) is 0. The maximum absolute atomic E-state index is 8.74. The second-order valence-electron chi connectivity index (χ2n) is 5.59. The molecule has 2 aliphatic rings. The second-order valence-corrected chi connectivity index (χ2v) is 5.59. The van der Waals surface area contributed by atoms with Crippen LogP contribution in [0.1, 0.15) is 38.5 Å². The van der Waals surface area contributed by atoms with Crippen LogP contribution in [0.2, 0.25) is 0 Å². The van der Waals surface area contributed by atoms with Gasteiger partial charge in [0.15, 0.2) is 0 Å². The molecule has 0 spiro atoms. The molecule has 0 amide bonds. The number of hydrogen-bond donors (Lipinski definition) is 0. The van der Waals surface area contributed by atoms with Gasteiger partial charge < -0.3 is 4.90 Å². The molecule has 0 bridgehead atoms. The standard InChI is InChI=1S/C14H25N3/c15-7-12-17-10-4-5-14(13-17)6-11-16-8-2-1-3-9-16/h14H,1-6,8-13H2. The summed E-state index contributed by atoms with van der Waals surface area (Å²) in [5, 5.41) is 8.74. The zero-order valence-electron chi connectivity index (χ0n) is 10.9. The molecule has 17 heavy (non-hydrogen) atoms. The van der Waals surface area contributed by atoms with E-state index in [1.54, 1.807) is 0 Å². The van der Waals surface area contributed by atoms with E-state index in [-0.39, 0.29) is 0 Å². The smallest absolute Gasteiger partial charge is 0.0866 e. The predicted molar refractivity (Wildman–Crippen MR) is 69.7 cm³/mol. The number of hydrogen-bond acceptors (Lipinski definition) is 3. The molecule has 2 heterocycles. The molecule has 3 heteroatoms. The van der Waals surface area contributed by atoms with E-state index in [9.17, 15) is 0 Å². The second kappa shape index (κ2) is 6.98. The lowest BCUT2D eigenvalue weighted by Gasteiger charge is -2.33. The van der Waals surface area contributed by atoms with Crippen LogP contribution in [0, 0.1) is 17.2 Å². The van der Waals surface area contributed by atoms with Crippen molar-refractivity contribution in [1.82, 2.24) is 9.80 Å². The molecule has 96 valence electrons. The Morgan fingerprint density at radius 1 is 1.00 bits per heavy atom. The van der Waals surface area contributed by atoms with E-state index in [1.807, 2.05) is 0 Å². The predicted octanol–water partition coefficient (Wildman–Crippen LogP) is 2.10. The molecular formula is C14H25N3. The van der Waals surface area contributed by atoms with Crippen LogP contribution in [0.4, 0.5) is 0 Å². The zero-order chi connectivity index (χ0) is 11.9. The monoisotopic (exact) mass is 235 g/mol. The van der Waals surface area contributed by atoms with E-state index in [2.05, 4.69) is 15.9 Å². The van der Waals surface area contributed by atoms with Crippen LogP contribution in [0.3, 0.4) is 0 Å². The number of piperidine rings is 2. The van der Waals surface area contributed by atoms with Crippen LogP contribution in [0.25, 0.3) is 0 Å². The third kappa shape index (κ3) is 4.29. The van der Waals surface area contributed by atoms with Crippen molar-refractivity contribution in [3.8, 4) is 6.07 Å². The first-order chi connectivity index (χ1) is 8.38. The Labute approximate surface area is 105 Å². The maximum Gasteiger partial charge on any atom is 0.0866 e. The lowest BCUT2D eigenvalue weighted by atomic mass is 9.94. The van der Waals surface area contributed by atoms with Crippen molar-refractivity contribution < 1.29 is 0 Å². The molecule has 0 aliphatic carbocycles. The highest BCUT2D eigenvalue weighted by Crippen LogP contribution is 2.20. The van der Waals surface area contributed by atoms with Crippen molar-refractivity contribution in [1.29, 1.82) is 5.26 Å². The Hall–Kier alpha value is -0.590. The summed E-state index contributed by atoms with van der Waals surface area (Å²) in [6.45, 7) is 6.82. The van der Waals surface area contributed by atoms with Gasteiger partial charge in [0.05, 0.1) is 12.6 Å². The van der Waals surface area contributed by atoms with Crippen LogP contribution in [-0.2, 0) is 0 Å². The topological polar surface area (TPSA) is 30.3 Å². The number of likely N-dealkylation sites (tertiary alicyclic amines) is 2. The van der Waals surface area contributed by atoms with Gasteiger partial charge in [-0.25, -0.2) is 0 Å². The van der Waals surface area contributed by atoms with E-state index in [1.165, 1.54) is 58.2 Å². The van der Waals surface area contributed by atoms with Gasteiger partial charge in [0.2, 0.25) is 0 Å². The molecular weight excluding hydrogens is 210 g/mol. The fraction of sp³-hybridized carbons (Fsp3) is 0.929. The molecule has 0 aromatic rings. The Kier molecular flexibility index (Phi) is 5.28. The van der Waals surface area contributed by atoms with Gasteiger partial charge in [0, 0.05) is 6.54 Å². The summed E-state index contributed by atoms with van der Waals surface area (Å²) < 4.78 is 0. The van der Waals surface area contributed by atoms with Gasteiger partial charge in [-0.05, 0) is 64.2 Å². The van der Waals surface area contributed by atoms with Gasteiger partial charge in [0.25, 0.3) is 0 Å². The minimum atomic E-state index is 0.625. The van der Waals surface area contributed by atoms with Crippen molar-refractivity contribution in [3.63, 3.8) is 0 Å². The summed E-state index contributed by atoms with van der Waals surface area (Å²) in [6, 6.07) is 2.28. The van der Waals surface area contributed by atoms with Crippen LogP contribution in [0.5, 0.6) is 0 Å². The van der Waals surface area contributed by atoms with Crippen LogP contribution < -0.4 is 0 Å². The molecule has 0 radical (unpaired) electrons. The molecule has 2 aliphatic heterocycles. The fourth-order valence-corrected chi connectivity index (χ4v) is 3.18. The van der Waals surface area contributed by atoms with Gasteiger partial charge in [-0.2, -0.15) is 5.26 Å². The SMILES string of the molecule is N#CCN1CCCC(CCN2CCCCC2)C1. The number of nitriles is 1. The summed E-state index contributed by atoms with van der Waals surface area (Å²) in [5.74, 6) is 0.832. The van der Waals surface area contributed by atoms with E-state index in [0.717, 1.165) is 19.0 Å². The molecule has 0 saturated carbocycles. The highest BCUT2D eigenvalue weighted by Gasteiger charge is 2.20. The quantitative estimate of drug-likeness (QED) is 0.699. The van der Waals surface area contributed by atoms with Gasteiger partial charge in [-0.15, -0.1) is 0 Å². The Morgan fingerprint density at radius 2 is 1.76 bits per heavy atom. The lowest BCUT2D eigenvalue weighted by Crippen LogP contribution is -2.38. The summed E-state index contributed by atoms with van der Waals surface area (Å²) in [6.07, 6.45) is 8.20.